The number of thiazole rings is 1. The van der Waals surface area contributed by atoms with Crippen LogP contribution >= 0.6 is 23.1 Å². The minimum Gasteiger partial charge on any atom is -0.326 e. The Morgan fingerprint density at radius 1 is 1.12 bits per heavy atom. The molecule has 0 saturated carbocycles. The third kappa shape index (κ3) is 4.58. The smallest absolute Gasteiger partial charge is 0.224 e. The van der Waals surface area contributed by atoms with Crippen LogP contribution in [-0.4, -0.2) is 17.1 Å². The van der Waals surface area contributed by atoms with Crippen LogP contribution in [0.25, 0.3) is 10.2 Å². The van der Waals surface area contributed by atoms with E-state index in [4.69, 9.17) is 0 Å². The molecule has 3 rings (SSSR count). The van der Waals surface area contributed by atoms with Crippen LogP contribution in [0.5, 0.6) is 0 Å². The fourth-order valence-corrected chi connectivity index (χ4v) is 3.90. The predicted octanol–water partition coefficient (Wildman–Crippen LogP) is 5.37. The summed E-state index contributed by atoms with van der Waals surface area (Å²) in [4.78, 5) is 17.8. The largest absolute Gasteiger partial charge is 0.326 e. The van der Waals surface area contributed by atoms with Gasteiger partial charge in [-0.2, -0.15) is 0 Å². The lowest BCUT2D eigenvalue weighted by atomic mass is 10.2. The number of amides is 1. The number of carbonyl (C=O) groups excluding carboxylic acids is 1. The number of hydrogen-bond donors (Lipinski definition) is 1. The van der Waals surface area contributed by atoms with E-state index in [1.807, 2.05) is 48.7 Å². The Hall–Kier alpha value is -1.85. The molecule has 2 aromatic carbocycles. The van der Waals surface area contributed by atoms with E-state index in [0.29, 0.717) is 6.42 Å². The molecule has 0 unspecified atom stereocenters. The fraction of sp³-hybridized carbons (Fsp3) is 0.263. The molecule has 0 aliphatic carbocycles. The summed E-state index contributed by atoms with van der Waals surface area (Å²) in [5.41, 5.74) is 1.94. The van der Waals surface area contributed by atoms with E-state index < -0.39 is 0 Å². The predicted molar refractivity (Wildman–Crippen MR) is 104 cm³/mol. The summed E-state index contributed by atoms with van der Waals surface area (Å²) in [6, 6.07) is 16.1. The first-order valence-electron chi connectivity index (χ1n) is 8.03. The molecule has 0 aliphatic heterocycles. The third-order valence-corrected chi connectivity index (χ3v) is 5.60. The first-order chi connectivity index (χ1) is 11.7. The van der Waals surface area contributed by atoms with Crippen molar-refractivity contribution in [3.05, 3.63) is 53.5 Å². The second kappa shape index (κ2) is 8.31. The molecule has 24 heavy (non-hydrogen) atoms. The molecule has 0 spiro atoms. The zero-order chi connectivity index (χ0) is 16.8. The monoisotopic (exact) mass is 356 g/mol. The van der Waals surface area contributed by atoms with E-state index in [1.165, 1.54) is 9.60 Å². The molecular weight excluding hydrogens is 336 g/mol. The molecule has 1 N–H and O–H groups in total. The lowest BCUT2D eigenvalue weighted by molar-refractivity contribution is -0.116. The fourth-order valence-electron chi connectivity index (χ4n) is 2.49. The summed E-state index contributed by atoms with van der Waals surface area (Å²) >= 11 is 3.44. The van der Waals surface area contributed by atoms with Crippen molar-refractivity contribution in [2.45, 2.75) is 30.6 Å². The van der Waals surface area contributed by atoms with Crippen molar-refractivity contribution in [1.82, 2.24) is 4.98 Å². The van der Waals surface area contributed by atoms with Gasteiger partial charge in [0.25, 0.3) is 0 Å². The van der Waals surface area contributed by atoms with E-state index in [2.05, 4.69) is 16.4 Å². The van der Waals surface area contributed by atoms with Crippen molar-refractivity contribution in [3.63, 3.8) is 0 Å². The van der Waals surface area contributed by atoms with E-state index in [1.54, 1.807) is 23.1 Å². The van der Waals surface area contributed by atoms with Gasteiger partial charge in [-0.3, -0.25) is 4.79 Å². The third-order valence-electron chi connectivity index (χ3n) is 3.76. The first-order valence-corrected chi connectivity index (χ1v) is 10.1. The summed E-state index contributed by atoms with van der Waals surface area (Å²) in [6.45, 7) is 0. The van der Waals surface area contributed by atoms with Crippen LogP contribution in [0.4, 0.5) is 5.69 Å². The average Bonchev–Trinajstić information content (AvgIpc) is 3.02. The van der Waals surface area contributed by atoms with Gasteiger partial charge in [-0.1, -0.05) is 12.1 Å². The molecule has 5 heteroatoms. The Kier molecular flexibility index (Phi) is 5.88. The van der Waals surface area contributed by atoms with Crippen molar-refractivity contribution >= 4 is 44.9 Å². The Labute approximate surface area is 150 Å². The van der Waals surface area contributed by atoms with Crippen LogP contribution in [0.2, 0.25) is 0 Å². The highest BCUT2D eigenvalue weighted by Crippen LogP contribution is 2.23. The van der Waals surface area contributed by atoms with E-state index in [0.717, 1.165) is 35.5 Å². The van der Waals surface area contributed by atoms with Crippen LogP contribution in [0, 0.1) is 0 Å². The molecule has 124 valence electrons. The van der Waals surface area contributed by atoms with Crippen molar-refractivity contribution in [2.24, 2.45) is 0 Å². The maximum Gasteiger partial charge on any atom is 0.224 e. The molecule has 0 atom stereocenters. The normalized spacial score (nSPS) is 10.9. The molecule has 0 aliphatic rings. The number of rotatable bonds is 7. The Bertz CT molecular complexity index is 779. The number of unbranched alkanes of at least 4 members (excludes halogenated alkanes) is 1. The molecular formula is C19H20N2OS2. The zero-order valence-corrected chi connectivity index (χ0v) is 15.3. The second-order valence-electron chi connectivity index (χ2n) is 5.56. The number of benzene rings is 2. The van der Waals surface area contributed by atoms with E-state index >= 15 is 0 Å². The van der Waals surface area contributed by atoms with Gasteiger partial charge in [0.05, 0.1) is 15.2 Å². The van der Waals surface area contributed by atoms with Crippen LogP contribution in [0.1, 0.15) is 24.3 Å². The van der Waals surface area contributed by atoms with Crippen molar-refractivity contribution in [2.75, 3.05) is 11.6 Å². The Morgan fingerprint density at radius 2 is 1.92 bits per heavy atom. The number of thioether (sulfide) groups is 1. The van der Waals surface area contributed by atoms with Gasteiger partial charge in [-0.05, 0) is 61.9 Å². The summed E-state index contributed by atoms with van der Waals surface area (Å²) in [5, 5.41) is 4.11. The van der Waals surface area contributed by atoms with Crippen LogP contribution in [-0.2, 0) is 11.2 Å². The van der Waals surface area contributed by atoms with Gasteiger partial charge in [0.1, 0.15) is 0 Å². The molecule has 1 amide bonds. The number of fused-ring (bicyclic) bond motifs is 1. The molecule has 0 radical (unpaired) electrons. The molecule has 0 fully saturated rings. The number of aryl methyl sites for hydroxylation is 1. The summed E-state index contributed by atoms with van der Waals surface area (Å²) < 4.78 is 1.24. The van der Waals surface area contributed by atoms with Crippen LogP contribution in [0.3, 0.4) is 0 Å². The first kappa shape index (κ1) is 17.0. The van der Waals surface area contributed by atoms with Gasteiger partial charge in [0.15, 0.2) is 0 Å². The van der Waals surface area contributed by atoms with Crippen molar-refractivity contribution in [1.29, 1.82) is 0 Å². The Morgan fingerprint density at radius 3 is 2.67 bits per heavy atom. The van der Waals surface area contributed by atoms with E-state index in [9.17, 15) is 4.79 Å². The number of anilines is 1. The number of hydrogen-bond acceptors (Lipinski definition) is 4. The van der Waals surface area contributed by atoms with E-state index in [-0.39, 0.29) is 5.91 Å². The van der Waals surface area contributed by atoms with Crippen LogP contribution in [0.15, 0.2) is 53.4 Å². The number of carbonyl (C=O) groups is 1. The topological polar surface area (TPSA) is 42.0 Å². The molecule has 0 saturated heterocycles. The van der Waals surface area contributed by atoms with Gasteiger partial charge in [-0.15, -0.1) is 23.1 Å². The van der Waals surface area contributed by atoms with Crippen molar-refractivity contribution in [3.8, 4) is 0 Å². The number of nitrogens with zero attached hydrogens (tertiary/aromatic N) is 1. The lowest BCUT2D eigenvalue weighted by Crippen LogP contribution is -2.11. The number of para-hydroxylation sites is 1. The molecule has 0 bridgehead atoms. The molecule has 1 aromatic heterocycles. The highest BCUT2D eigenvalue weighted by Gasteiger charge is 2.05. The SMILES string of the molecule is CSc1ccc(NC(=O)CCCCc2nc3ccccc3s2)cc1. The molecule has 3 nitrogen and oxygen atoms in total. The summed E-state index contributed by atoms with van der Waals surface area (Å²) in [6.07, 6.45) is 5.40. The van der Waals surface area contributed by atoms with Crippen LogP contribution < -0.4 is 5.32 Å². The van der Waals surface area contributed by atoms with Gasteiger partial charge in [0.2, 0.25) is 5.91 Å². The molecule has 1 heterocycles. The maximum atomic E-state index is 12.0. The van der Waals surface area contributed by atoms with Gasteiger partial charge < -0.3 is 5.32 Å². The summed E-state index contributed by atoms with van der Waals surface area (Å²) in [5.74, 6) is 0.0798. The minimum atomic E-state index is 0.0798. The highest BCUT2D eigenvalue weighted by atomic mass is 32.2. The van der Waals surface area contributed by atoms with Crippen molar-refractivity contribution < 1.29 is 4.79 Å². The highest BCUT2D eigenvalue weighted by molar-refractivity contribution is 7.98. The maximum absolute atomic E-state index is 12.0. The van der Waals surface area contributed by atoms with Gasteiger partial charge in [0, 0.05) is 17.0 Å². The van der Waals surface area contributed by atoms with Gasteiger partial charge >= 0.3 is 0 Å². The summed E-state index contributed by atoms with van der Waals surface area (Å²) in [7, 11) is 0. The standard InChI is InChI=1S/C19H20N2OS2/c1-23-15-12-10-14(11-13-15)20-18(22)8-4-5-9-19-21-16-6-2-3-7-17(16)24-19/h2-3,6-7,10-13H,4-5,8-9H2,1H3,(H,20,22). The number of nitrogens with one attached hydrogen (secondary N) is 1. The second-order valence-corrected chi connectivity index (χ2v) is 7.55. The minimum absolute atomic E-state index is 0.0798. The van der Waals surface area contributed by atoms with Gasteiger partial charge in [-0.25, -0.2) is 4.98 Å². The average molecular weight is 357 g/mol. The number of aromatic nitrogens is 1. The quantitative estimate of drug-likeness (QED) is 0.457. The lowest BCUT2D eigenvalue weighted by Gasteiger charge is -2.05. The Balaban J connectivity index is 1.41. The zero-order valence-electron chi connectivity index (χ0n) is 13.6. The molecule has 3 aromatic rings.